The van der Waals surface area contributed by atoms with Crippen LogP contribution in [0.4, 0.5) is 8.78 Å². The molecule has 1 amide bonds. The summed E-state index contributed by atoms with van der Waals surface area (Å²) in [6.45, 7) is 0.985. The van der Waals surface area contributed by atoms with E-state index in [1.54, 1.807) is 22.6 Å². The van der Waals surface area contributed by atoms with Gasteiger partial charge in [-0.2, -0.15) is 0 Å². The highest BCUT2D eigenvalue weighted by atomic mass is 127. The Kier molecular flexibility index (Phi) is 4.72. The summed E-state index contributed by atoms with van der Waals surface area (Å²) in [5.74, 6) is -1.90. The number of nitrogens with zero attached hydrogens (tertiary/aromatic N) is 1. The Morgan fingerprint density at radius 2 is 2.16 bits per heavy atom. The summed E-state index contributed by atoms with van der Waals surface area (Å²) in [7, 11) is 0. The van der Waals surface area contributed by atoms with Gasteiger partial charge in [-0.05, 0) is 47.4 Å². The van der Waals surface area contributed by atoms with Crippen molar-refractivity contribution in [3.05, 3.63) is 32.9 Å². The molecule has 1 aliphatic heterocycles. The van der Waals surface area contributed by atoms with Crippen molar-refractivity contribution in [1.29, 1.82) is 0 Å². The molecule has 1 heterocycles. The van der Waals surface area contributed by atoms with Crippen molar-refractivity contribution in [2.24, 2.45) is 5.92 Å². The van der Waals surface area contributed by atoms with E-state index in [-0.39, 0.29) is 21.7 Å². The SMILES string of the molecule is O=C(c1cc(I)c(F)cc1F)N1CCCC(CO)C1. The maximum Gasteiger partial charge on any atom is 0.256 e. The lowest BCUT2D eigenvalue weighted by Gasteiger charge is -2.32. The third-order valence-electron chi connectivity index (χ3n) is 3.30. The van der Waals surface area contributed by atoms with Gasteiger partial charge in [-0.3, -0.25) is 4.79 Å². The normalized spacial score (nSPS) is 19.6. The summed E-state index contributed by atoms with van der Waals surface area (Å²) in [5.41, 5.74) is -0.107. The number of halogens is 3. The van der Waals surface area contributed by atoms with Gasteiger partial charge >= 0.3 is 0 Å². The molecule has 1 fully saturated rings. The summed E-state index contributed by atoms with van der Waals surface area (Å²) in [5, 5.41) is 9.13. The van der Waals surface area contributed by atoms with Crippen molar-refractivity contribution < 1.29 is 18.7 Å². The zero-order valence-corrected chi connectivity index (χ0v) is 12.4. The minimum Gasteiger partial charge on any atom is -0.396 e. The van der Waals surface area contributed by atoms with E-state index in [1.807, 2.05) is 0 Å². The summed E-state index contributed by atoms with van der Waals surface area (Å²) >= 11 is 1.73. The highest BCUT2D eigenvalue weighted by Crippen LogP contribution is 2.22. The smallest absolute Gasteiger partial charge is 0.256 e. The first kappa shape index (κ1) is 14.6. The summed E-state index contributed by atoms with van der Waals surface area (Å²) in [4.78, 5) is 13.7. The number of piperidine rings is 1. The summed E-state index contributed by atoms with van der Waals surface area (Å²) in [6, 6.07) is 1.97. The number of benzene rings is 1. The first-order chi connectivity index (χ1) is 9.02. The fraction of sp³-hybridized carbons (Fsp3) is 0.462. The average molecular weight is 381 g/mol. The van der Waals surface area contributed by atoms with Crippen LogP contribution in [0.15, 0.2) is 12.1 Å². The lowest BCUT2D eigenvalue weighted by Crippen LogP contribution is -2.41. The van der Waals surface area contributed by atoms with Gasteiger partial charge in [0, 0.05) is 29.3 Å². The standard InChI is InChI=1S/C13H14F2INO2/c14-10-5-11(15)12(16)4-9(10)13(19)17-3-1-2-8(6-17)7-18/h4-5,8,18H,1-3,6-7H2. The number of amides is 1. The van der Waals surface area contributed by atoms with Crippen LogP contribution in [0.5, 0.6) is 0 Å². The topological polar surface area (TPSA) is 40.5 Å². The predicted molar refractivity (Wildman–Crippen MR) is 74.8 cm³/mol. The van der Waals surface area contributed by atoms with E-state index in [0.717, 1.165) is 18.9 Å². The van der Waals surface area contributed by atoms with E-state index >= 15 is 0 Å². The molecule has 0 aromatic heterocycles. The first-order valence-corrected chi connectivity index (χ1v) is 7.15. The third-order valence-corrected chi connectivity index (χ3v) is 4.13. The number of hydrogen-bond donors (Lipinski definition) is 1. The van der Waals surface area contributed by atoms with Gasteiger partial charge in [0.25, 0.3) is 5.91 Å². The minimum atomic E-state index is -0.839. The molecule has 1 unspecified atom stereocenters. The predicted octanol–water partition coefficient (Wildman–Crippen LogP) is 2.41. The second kappa shape index (κ2) is 6.13. The molecule has 1 aromatic rings. The lowest BCUT2D eigenvalue weighted by atomic mass is 9.98. The maximum absolute atomic E-state index is 13.7. The van der Waals surface area contributed by atoms with Gasteiger partial charge in [0.1, 0.15) is 11.6 Å². The monoisotopic (exact) mass is 381 g/mol. The number of aliphatic hydroxyl groups is 1. The van der Waals surface area contributed by atoms with E-state index in [2.05, 4.69) is 0 Å². The van der Waals surface area contributed by atoms with Gasteiger partial charge in [-0.1, -0.05) is 0 Å². The summed E-state index contributed by atoms with van der Waals surface area (Å²) < 4.78 is 27.1. The van der Waals surface area contributed by atoms with Crippen LogP contribution in [0.3, 0.4) is 0 Å². The van der Waals surface area contributed by atoms with Crippen molar-refractivity contribution in [2.75, 3.05) is 19.7 Å². The lowest BCUT2D eigenvalue weighted by molar-refractivity contribution is 0.0616. The molecule has 19 heavy (non-hydrogen) atoms. The number of rotatable bonds is 2. The van der Waals surface area contributed by atoms with Crippen molar-refractivity contribution in [3.63, 3.8) is 0 Å². The fourth-order valence-corrected chi connectivity index (χ4v) is 2.72. The van der Waals surface area contributed by atoms with Gasteiger partial charge in [0.2, 0.25) is 0 Å². The average Bonchev–Trinajstić information content (AvgIpc) is 2.42. The number of likely N-dealkylation sites (tertiary alicyclic amines) is 1. The first-order valence-electron chi connectivity index (χ1n) is 6.07. The molecule has 3 nitrogen and oxygen atoms in total. The molecule has 0 saturated carbocycles. The molecular formula is C13H14F2INO2. The molecule has 1 aliphatic rings. The molecule has 0 aliphatic carbocycles. The van der Waals surface area contributed by atoms with E-state index in [1.165, 1.54) is 11.0 Å². The molecule has 1 aromatic carbocycles. The molecule has 0 bridgehead atoms. The second-order valence-electron chi connectivity index (χ2n) is 4.69. The van der Waals surface area contributed by atoms with Gasteiger partial charge in [-0.15, -0.1) is 0 Å². The maximum atomic E-state index is 13.7. The fourth-order valence-electron chi connectivity index (χ4n) is 2.26. The van der Waals surface area contributed by atoms with Crippen LogP contribution in [0.25, 0.3) is 0 Å². The molecule has 2 rings (SSSR count). The Bertz CT molecular complexity index is 496. The molecular weight excluding hydrogens is 367 g/mol. The quantitative estimate of drug-likeness (QED) is 0.632. The zero-order chi connectivity index (χ0) is 14.0. The third kappa shape index (κ3) is 3.22. The molecule has 1 N–H and O–H groups in total. The van der Waals surface area contributed by atoms with E-state index in [9.17, 15) is 13.6 Å². The Morgan fingerprint density at radius 3 is 2.84 bits per heavy atom. The highest BCUT2D eigenvalue weighted by molar-refractivity contribution is 14.1. The van der Waals surface area contributed by atoms with Crippen LogP contribution in [-0.2, 0) is 0 Å². The van der Waals surface area contributed by atoms with Crippen LogP contribution in [0.1, 0.15) is 23.2 Å². The van der Waals surface area contributed by atoms with Crippen LogP contribution in [-0.4, -0.2) is 35.6 Å². The Balaban J connectivity index is 2.22. The molecule has 104 valence electrons. The molecule has 6 heteroatoms. The number of carbonyl (C=O) groups excluding carboxylic acids is 1. The molecule has 0 spiro atoms. The zero-order valence-electron chi connectivity index (χ0n) is 10.2. The van der Waals surface area contributed by atoms with Crippen molar-refractivity contribution in [1.82, 2.24) is 4.90 Å². The van der Waals surface area contributed by atoms with Gasteiger partial charge in [0.15, 0.2) is 0 Å². The number of hydrogen-bond acceptors (Lipinski definition) is 2. The summed E-state index contributed by atoms with van der Waals surface area (Å²) in [6.07, 6.45) is 1.65. The van der Waals surface area contributed by atoms with E-state index < -0.39 is 17.5 Å². The Morgan fingerprint density at radius 1 is 1.42 bits per heavy atom. The van der Waals surface area contributed by atoms with Gasteiger partial charge in [0.05, 0.1) is 5.56 Å². The van der Waals surface area contributed by atoms with Crippen LogP contribution in [0, 0.1) is 21.1 Å². The van der Waals surface area contributed by atoms with E-state index in [0.29, 0.717) is 13.1 Å². The van der Waals surface area contributed by atoms with Gasteiger partial charge < -0.3 is 10.0 Å². The Labute approximate surface area is 123 Å². The Hall–Kier alpha value is -0.760. The molecule has 0 radical (unpaired) electrons. The van der Waals surface area contributed by atoms with Crippen molar-refractivity contribution in [2.45, 2.75) is 12.8 Å². The molecule has 1 atom stereocenters. The van der Waals surface area contributed by atoms with Crippen molar-refractivity contribution in [3.8, 4) is 0 Å². The van der Waals surface area contributed by atoms with Crippen LogP contribution in [0.2, 0.25) is 0 Å². The van der Waals surface area contributed by atoms with Crippen molar-refractivity contribution >= 4 is 28.5 Å². The second-order valence-corrected chi connectivity index (χ2v) is 5.85. The minimum absolute atomic E-state index is 0.0210. The van der Waals surface area contributed by atoms with Crippen LogP contribution >= 0.6 is 22.6 Å². The van der Waals surface area contributed by atoms with Crippen LogP contribution < -0.4 is 0 Å². The van der Waals surface area contributed by atoms with E-state index in [4.69, 9.17) is 5.11 Å². The molecule has 1 saturated heterocycles. The highest BCUT2D eigenvalue weighted by Gasteiger charge is 2.26. The van der Waals surface area contributed by atoms with Gasteiger partial charge in [-0.25, -0.2) is 8.78 Å². The largest absolute Gasteiger partial charge is 0.396 e. The number of aliphatic hydroxyl groups excluding tert-OH is 1. The number of carbonyl (C=O) groups is 1.